The van der Waals surface area contributed by atoms with Crippen molar-refractivity contribution in [2.75, 3.05) is 18.1 Å². The Labute approximate surface area is 181 Å². The highest BCUT2D eigenvalue weighted by Crippen LogP contribution is 2.46. The minimum atomic E-state index is -6.47. The van der Waals surface area contributed by atoms with Crippen LogP contribution in [-0.2, 0) is 16.3 Å². The lowest BCUT2D eigenvalue weighted by Crippen LogP contribution is -2.55. The van der Waals surface area contributed by atoms with Gasteiger partial charge in [0.05, 0.1) is 11.4 Å². The zero-order valence-corrected chi connectivity index (χ0v) is 17.5. The molecule has 3 rings (SSSR count). The Balaban J connectivity index is 2.00. The number of pyridine rings is 1. The van der Waals surface area contributed by atoms with Crippen molar-refractivity contribution in [3.8, 4) is 0 Å². The molecule has 3 N–H and O–H groups in total. The van der Waals surface area contributed by atoms with E-state index in [4.69, 9.17) is 0 Å². The van der Waals surface area contributed by atoms with E-state index in [0.29, 0.717) is 10.9 Å². The maximum absolute atomic E-state index is 13.7. The molecular weight excluding hydrogens is 483 g/mol. The fourth-order valence-corrected chi connectivity index (χ4v) is 3.79. The number of fused-ring (bicyclic) bond motifs is 1. The van der Waals surface area contributed by atoms with Gasteiger partial charge >= 0.3 is 18.0 Å². The Morgan fingerprint density at radius 2 is 1.64 bits per heavy atom. The third kappa shape index (κ3) is 4.70. The largest absolute Gasteiger partial charge is 0.459 e. The third-order valence-electron chi connectivity index (χ3n) is 4.90. The first-order valence-electron chi connectivity index (χ1n) is 9.11. The first-order chi connectivity index (χ1) is 15.0. The summed E-state index contributed by atoms with van der Waals surface area (Å²) < 4.78 is 115. The van der Waals surface area contributed by atoms with Gasteiger partial charge in [0.1, 0.15) is 5.52 Å². The van der Waals surface area contributed by atoms with Gasteiger partial charge in [-0.2, -0.15) is 30.7 Å². The minimum absolute atomic E-state index is 0.0187. The second kappa shape index (κ2) is 8.08. The predicted molar refractivity (Wildman–Crippen MR) is 106 cm³/mol. The van der Waals surface area contributed by atoms with E-state index in [2.05, 4.69) is 9.97 Å². The zero-order chi connectivity index (χ0) is 24.8. The molecule has 6 nitrogen and oxygen atoms in total. The van der Waals surface area contributed by atoms with Crippen LogP contribution in [0.5, 0.6) is 0 Å². The molecule has 0 saturated carbocycles. The van der Waals surface area contributed by atoms with Gasteiger partial charge in [-0.25, -0.2) is 8.42 Å². The van der Waals surface area contributed by atoms with Crippen molar-refractivity contribution in [2.24, 2.45) is 0 Å². The number of aromatic nitrogens is 2. The summed E-state index contributed by atoms with van der Waals surface area (Å²) in [4.78, 5) is 16.8. The number of benzene rings is 1. The number of nitrogens with one attached hydrogen (secondary N) is 3. The molecule has 0 spiro atoms. The van der Waals surface area contributed by atoms with Crippen molar-refractivity contribution in [3.63, 3.8) is 0 Å². The SMILES string of the molecule is CS(=O)(=O)c1ccc(NCC(F)(F)C(F)(F)C(F)(F)F)c(Cc2c[nH]c3c(=O)[nH]ccc23)c1. The highest BCUT2D eigenvalue weighted by Gasteiger charge is 2.72. The normalized spacial score (nSPS) is 13.5. The molecule has 180 valence electrons. The van der Waals surface area contributed by atoms with Gasteiger partial charge in [0.25, 0.3) is 5.56 Å². The average Bonchev–Trinajstić information content (AvgIpc) is 3.09. The van der Waals surface area contributed by atoms with E-state index >= 15 is 0 Å². The minimum Gasteiger partial charge on any atom is -0.379 e. The third-order valence-corrected chi connectivity index (χ3v) is 6.01. The first kappa shape index (κ1) is 24.6. The Morgan fingerprint density at radius 3 is 2.24 bits per heavy atom. The molecule has 0 radical (unpaired) electrons. The Bertz CT molecular complexity index is 1340. The van der Waals surface area contributed by atoms with Crippen molar-refractivity contribution >= 4 is 26.4 Å². The molecule has 0 fully saturated rings. The second-order valence-corrected chi connectivity index (χ2v) is 9.32. The predicted octanol–water partition coefficient (Wildman–Crippen LogP) is 4.10. The van der Waals surface area contributed by atoms with Gasteiger partial charge < -0.3 is 15.3 Å². The van der Waals surface area contributed by atoms with Crippen LogP contribution in [0.1, 0.15) is 11.1 Å². The number of H-pyrrole nitrogens is 2. The van der Waals surface area contributed by atoms with E-state index in [1.165, 1.54) is 18.5 Å². The van der Waals surface area contributed by atoms with Gasteiger partial charge in [-0.15, -0.1) is 0 Å². The molecule has 0 aliphatic carbocycles. The Hall–Kier alpha value is -3.03. The molecule has 1 aromatic carbocycles. The van der Waals surface area contributed by atoms with E-state index in [1.807, 2.05) is 5.32 Å². The van der Waals surface area contributed by atoms with Gasteiger partial charge in [-0.3, -0.25) is 4.79 Å². The summed E-state index contributed by atoms with van der Waals surface area (Å²) in [5.74, 6) is -11.8. The molecule has 0 unspecified atom stereocenters. The molecular formula is C19H16F7N3O3S. The molecule has 0 aliphatic heterocycles. The van der Waals surface area contributed by atoms with Gasteiger partial charge in [-0.05, 0) is 35.4 Å². The number of rotatable bonds is 7. The molecule has 0 amide bonds. The van der Waals surface area contributed by atoms with Crippen LogP contribution in [0.3, 0.4) is 0 Å². The smallest absolute Gasteiger partial charge is 0.379 e. The standard InChI is InChI=1S/C19H16F7N3O3S/c1-33(31,32)12-2-3-14(29-9-17(20,21)18(22,23)19(24,25)26)10(7-12)6-11-8-28-15-13(11)4-5-27-16(15)30/h2-5,7-8,28-29H,6,9H2,1H3,(H,27,30). The van der Waals surface area contributed by atoms with E-state index in [-0.39, 0.29) is 28.1 Å². The summed E-state index contributed by atoms with van der Waals surface area (Å²) in [5.41, 5.74) is -0.115. The number of hydrogen-bond donors (Lipinski definition) is 3. The van der Waals surface area contributed by atoms with Crippen LogP contribution in [0.4, 0.5) is 36.4 Å². The lowest BCUT2D eigenvalue weighted by atomic mass is 10.0. The van der Waals surface area contributed by atoms with E-state index in [0.717, 1.165) is 24.5 Å². The van der Waals surface area contributed by atoms with Crippen LogP contribution in [0, 0.1) is 0 Å². The molecule has 0 bridgehead atoms. The van der Waals surface area contributed by atoms with Crippen LogP contribution < -0.4 is 10.9 Å². The second-order valence-electron chi connectivity index (χ2n) is 7.31. The van der Waals surface area contributed by atoms with Crippen LogP contribution in [0.15, 0.2) is 46.3 Å². The van der Waals surface area contributed by atoms with Gasteiger partial charge in [0.2, 0.25) is 0 Å². The Morgan fingerprint density at radius 1 is 0.970 bits per heavy atom. The number of halogens is 7. The number of aromatic amines is 2. The van der Waals surface area contributed by atoms with Crippen molar-refractivity contribution in [1.82, 2.24) is 9.97 Å². The average molecular weight is 499 g/mol. The molecule has 0 aliphatic rings. The topological polar surface area (TPSA) is 94.8 Å². The molecule has 14 heteroatoms. The number of sulfone groups is 1. The maximum Gasteiger partial charge on any atom is 0.459 e. The van der Waals surface area contributed by atoms with Gasteiger partial charge in [0, 0.05) is 36.1 Å². The highest BCUT2D eigenvalue weighted by molar-refractivity contribution is 7.90. The zero-order valence-electron chi connectivity index (χ0n) is 16.7. The van der Waals surface area contributed by atoms with Crippen LogP contribution >= 0.6 is 0 Å². The van der Waals surface area contributed by atoms with Crippen molar-refractivity contribution in [2.45, 2.75) is 29.3 Å². The lowest BCUT2D eigenvalue weighted by molar-refractivity contribution is -0.350. The lowest BCUT2D eigenvalue weighted by Gasteiger charge is -2.28. The summed E-state index contributed by atoms with van der Waals surface area (Å²) in [6.45, 7) is -2.07. The molecule has 2 heterocycles. The van der Waals surface area contributed by atoms with Gasteiger partial charge in [0.15, 0.2) is 9.84 Å². The van der Waals surface area contributed by atoms with Crippen molar-refractivity contribution in [3.05, 3.63) is 58.1 Å². The fraction of sp³-hybridized carbons (Fsp3) is 0.316. The van der Waals surface area contributed by atoms with E-state index < -0.39 is 40.0 Å². The van der Waals surface area contributed by atoms with Crippen LogP contribution in [0.2, 0.25) is 0 Å². The fourth-order valence-electron chi connectivity index (χ4n) is 3.12. The number of hydrogen-bond acceptors (Lipinski definition) is 4. The monoisotopic (exact) mass is 499 g/mol. The summed E-state index contributed by atoms with van der Waals surface area (Å²) in [7, 11) is -3.76. The molecule has 0 atom stereocenters. The molecule has 2 aromatic heterocycles. The van der Waals surface area contributed by atoms with Crippen LogP contribution in [-0.4, -0.2) is 49.2 Å². The van der Waals surface area contributed by atoms with E-state index in [9.17, 15) is 43.9 Å². The van der Waals surface area contributed by atoms with Gasteiger partial charge in [-0.1, -0.05) is 0 Å². The molecule has 0 saturated heterocycles. The Kier molecular flexibility index (Phi) is 6.02. The van der Waals surface area contributed by atoms with E-state index in [1.54, 1.807) is 0 Å². The molecule has 3 aromatic rings. The first-order valence-corrected chi connectivity index (χ1v) is 11.0. The van der Waals surface area contributed by atoms with Crippen LogP contribution in [0.25, 0.3) is 10.9 Å². The van der Waals surface area contributed by atoms with Crippen molar-refractivity contribution < 1.29 is 39.2 Å². The summed E-state index contributed by atoms with van der Waals surface area (Å²) in [6.07, 6.45) is -3.01. The highest BCUT2D eigenvalue weighted by atomic mass is 32.2. The number of anilines is 1. The maximum atomic E-state index is 13.7. The summed E-state index contributed by atoms with van der Waals surface area (Å²) in [6, 6.07) is 4.61. The van der Waals surface area contributed by atoms with Crippen molar-refractivity contribution in [1.29, 1.82) is 0 Å². The number of alkyl halides is 7. The molecule has 33 heavy (non-hydrogen) atoms. The quantitative estimate of drug-likeness (QED) is 0.427. The summed E-state index contributed by atoms with van der Waals surface area (Å²) >= 11 is 0. The summed E-state index contributed by atoms with van der Waals surface area (Å²) in [5, 5.41) is 2.30.